The molecule has 0 aliphatic carbocycles. The number of hydrogen-bond donors (Lipinski definition) is 1. The summed E-state index contributed by atoms with van der Waals surface area (Å²) in [5.41, 5.74) is 7.99. The highest BCUT2D eigenvalue weighted by molar-refractivity contribution is 5.80. The molecule has 0 aliphatic rings. The number of aryl methyl sites for hydroxylation is 1. The fourth-order valence-corrected chi connectivity index (χ4v) is 1.74. The van der Waals surface area contributed by atoms with Crippen LogP contribution in [0.5, 0.6) is 0 Å². The third-order valence-electron chi connectivity index (χ3n) is 2.57. The van der Waals surface area contributed by atoms with Crippen LogP contribution >= 0.6 is 0 Å². The van der Waals surface area contributed by atoms with Crippen molar-refractivity contribution in [2.24, 2.45) is 5.73 Å². The summed E-state index contributed by atoms with van der Waals surface area (Å²) in [6.45, 7) is 1.45. The maximum atomic E-state index is 5.62. The van der Waals surface area contributed by atoms with E-state index in [1.165, 1.54) is 10.9 Å². The second-order valence-electron chi connectivity index (χ2n) is 3.56. The minimum Gasteiger partial charge on any atom is -0.347 e. The van der Waals surface area contributed by atoms with Gasteiger partial charge in [-0.2, -0.15) is 0 Å². The predicted octanol–water partition coefficient (Wildman–Crippen LogP) is 2.12. The SMILES string of the molecule is C#CCCn1ccc2ccc(CN)cc21. The average molecular weight is 198 g/mol. The highest BCUT2D eigenvalue weighted by Gasteiger charge is 2.00. The Hall–Kier alpha value is -1.72. The molecule has 0 amide bonds. The molecule has 1 aromatic heterocycles. The zero-order valence-corrected chi connectivity index (χ0v) is 8.61. The predicted molar refractivity (Wildman–Crippen MR) is 63.3 cm³/mol. The van der Waals surface area contributed by atoms with Crippen molar-refractivity contribution in [3.63, 3.8) is 0 Å². The molecule has 0 bridgehead atoms. The van der Waals surface area contributed by atoms with Crippen molar-refractivity contribution in [1.29, 1.82) is 0 Å². The van der Waals surface area contributed by atoms with Gasteiger partial charge in [-0.3, -0.25) is 0 Å². The minimum absolute atomic E-state index is 0.580. The molecule has 76 valence electrons. The van der Waals surface area contributed by atoms with Crippen LogP contribution in [0.15, 0.2) is 30.5 Å². The second kappa shape index (κ2) is 4.20. The normalized spacial score (nSPS) is 10.4. The number of terminal acetylenes is 1. The fraction of sp³-hybridized carbons (Fsp3) is 0.231. The fourth-order valence-electron chi connectivity index (χ4n) is 1.74. The Balaban J connectivity index is 2.43. The Bertz CT molecular complexity index is 503. The van der Waals surface area contributed by atoms with Crippen LogP contribution in [0.2, 0.25) is 0 Å². The van der Waals surface area contributed by atoms with Crippen LogP contribution in [0, 0.1) is 12.3 Å². The van der Waals surface area contributed by atoms with E-state index in [4.69, 9.17) is 12.2 Å². The van der Waals surface area contributed by atoms with Gasteiger partial charge in [0.1, 0.15) is 0 Å². The molecule has 1 aromatic carbocycles. The Kier molecular flexibility index (Phi) is 2.75. The van der Waals surface area contributed by atoms with Crippen LogP contribution < -0.4 is 5.73 Å². The van der Waals surface area contributed by atoms with Crippen molar-refractivity contribution in [1.82, 2.24) is 4.57 Å². The Morgan fingerprint density at radius 1 is 1.33 bits per heavy atom. The molecule has 2 nitrogen and oxygen atoms in total. The monoisotopic (exact) mass is 198 g/mol. The van der Waals surface area contributed by atoms with E-state index >= 15 is 0 Å². The van der Waals surface area contributed by atoms with Gasteiger partial charge in [-0.05, 0) is 23.1 Å². The van der Waals surface area contributed by atoms with Gasteiger partial charge < -0.3 is 10.3 Å². The standard InChI is InChI=1S/C13H14N2/c1-2-3-7-15-8-6-12-5-4-11(10-14)9-13(12)15/h1,4-6,8-9H,3,7,10,14H2. The van der Waals surface area contributed by atoms with Crippen LogP contribution in [0.4, 0.5) is 0 Å². The molecule has 15 heavy (non-hydrogen) atoms. The summed E-state index contributed by atoms with van der Waals surface area (Å²) in [6, 6.07) is 8.40. The number of fused-ring (bicyclic) bond motifs is 1. The van der Waals surface area contributed by atoms with Crippen LogP contribution in [-0.4, -0.2) is 4.57 Å². The lowest BCUT2D eigenvalue weighted by molar-refractivity contribution is 0.749. The number of benzene rings is 1. The number of hydrogen-bond acceptors (Lipinski definition) is 1. The minimum atomic E-state index is 0.580. The van der Waals surface area contributed by atoms with Crippen molar-refractivity contribution in [2.45, 2.75) is 19.5 Å². The van der Waals surface area contributed by atoms with E-state index in [1.807, 2.05) is 0 Å². The Morgan fingerprint density at radius 2 is 2.20 bits per heavy atom. The number of nitrogens with two attached hydrogens (primary N) is 1. The molecule has 0 atom stereocenters. The molecular weight excluding hydrogens is 184 g/mol. The van der Waals surface area contributed by atoms with Gasteiger partial charge in [0, 0.05) is 31.2 Å². The zero-order chi connectivity index (χ0) is 10.7. The second-order valence-corrected chi connectivity index (χ2v) is 3.56. The first-order chi connectivity index (χ1) is 7.35. The molecule has 0 saturated carbocycles. The van der Waals surface area contributed by atoms with E-state index in [0.717, 1.165) is 18.5 Å². The quantitative estimate of drug-likeness (QED) is 0.752. The Labute approximate surface area is 89.7 Å². The van der Waals surface area contributed by atoms with E-state index < -0.39 is 0 Å². The van der Waals surface area contributed by atoms with Gasteiger partial charge in [-0.25, -0.2) is 0 Å². The number of aromatic nitrogens is 1. The molecule has 2 rings (SSSR count). The van der Waals surface area contributed by atoms with Crippen LogP contribution in [0.25, 0.3) is 10.9 Å². The van der Waals surface area contributed by atoms with Crippen LogP contribution in [-0.2, 0) is 13.1 Å². The van der Waals surface area contributed by atoms with E-state index in [9.17, 15) is 0 Å². The highest BCUT2D eigenvalue weighted by Crippen LogP contribution is 2.17. The number of nitrogens with zero attached hydrogens (tertiary/aromatic N) is 1. The molecule has 1 heterocycles. The van der Waals surface area contributed by atoms with E-state index in [-0.39, 0.29) is 0 Å². The first kappa shape index (κ1) is 9.82. The Morgan fingerprint density at radius 3 is 2.93 bits per heavy atom. The molecule has 0 spiro atoms. The summed E-state index contributed by atoms with van der Waals surface area (Å²) < 4.78 is 2.17. The molecule has 0 radical (unpaired) electrons. The van der Waals surface area contributed by atoms with Crippen molar-refractivity contribution >= 4 is 10.9 Å². The van der Waals surface area contributed by atoms with Gasteiger partial charge in [0.2, 0.25) is 0 Å². The van der Waals surface area contributed by atoms with Gasteiger partial charge in [0.05, 0.1) is 0 Å². The third-order valence-corrected chi connectivity index (χ3v) is 2.57. The van der Waals surface area contributed by atoms with E-state index in [0.29, 0.717) is 6.54 Å². The lowest BCUT2D eigenvalue weighted by atomic mass is 10.1. The lowest BCUT2D eigenvalue weighted by Crippen LogP contribution is -1.98. The summed E-state index contributed by atoms with van der Waals surface area (Å²) in [5, 5.41) is 1.24. The highest BCUT2D eigenvalue weighted by atomic mass is 14.9. The molecule has 2 N–H and O–H groups in total. The summed E-state index contributed by atoms with van der Waals surface area (Å²) >= 11 is 0. The van der Waals surface area contributed by atoms with Gasteiger partial charge in [0.25, 0.3) is 0 Å². The molecule has 2 heteroatoms. The molecule has 0 aliphatic heterocycles. The average Bonchev–Trinajstić information content (AvgIpc) is 2.68. The summed E-state index contributed by atoms with van der Waals surface area (Å²) in [7, 11) is 0. The summed E-state index contributed by atoms with van der Waals surface area (Å²) in [6.07, 6.45) is 8.09. The van der Waals surface area contributed by atoms with E-state index in [1.54, 1.807) is 0 Å². The molecular formula is C13H14N2. The van der Waals surface area contributed by atoms with Crippen molar-refractivity contribution in [3.05, 3.63) is 36.0 Å². The third kappa shape index (κ3) is 1.88. The van der Waals surface area contributed by atoms with Gasteiger partial charge in [-0.1, -0.05) is 12.1 Å². The van der Waals surface area contributed by atoms with Crippen molar-refractivity contribution in [2.75, 3.05) is 0 Å². The zero-order valence-electron chi connectivity index (χ0n) is 8.61. The maximum Gasteiger partial charge on any atom is 0.0483 e. The van der Waals surface area contributed by atoms with Gasteiger partial charge in [0.15, 0.2) is 0 Å². The maximum absolute atomic E-state index is 5.62. The van der Waals surface area contributed by atoms with E-state index in [2.05, 4.69) is 40.9 Å². The smallest absolute Gasteiger partial charge is 0.0483 e. The number of rotatable bonds is 3. The molecule has 0 saturated heterocycles. The van der Waals surface area contributed by atoms with Crippen LogP contribution in [0.1, 0.15) is 12.0 Å². The van der Waals surface area contributed by atoms with Crippen molar-refractivity contribution in [3.8, 4) is 12.3 Å². The van der Waals surface area contributed by atoms with Gasteiger partial charge in [-0.15, -0.1) is 12.3 Å². The molecule has 0 unspecified atom stereocenters. The first-order valence-corrected chi connectivity index (χ1v) is 5.06. The van der Waals surface area contributed by atoms with Crippen molar-refractivity contribution < 1.29 is 0 Å². The summed E-state index contributed by atoms with van der Waals surface area (Å²) in [5.74, 6) is 2.65. The topological polar surface area (TPSA) is 30.9 Å². The van der Waals surface area contributed by atoms with Crippen LogP contribution in [0.3, 0.4) is 0 Å². The molecule has 2 aromatic rings. The van der Waals surface area contributed by atoms with Gasteiger partial charge >= 0.3 is 0 Å². The largest absolute Gasteiger partial charge is 0.347 e. The first-order valence-electron chi connectivity index (χ1n) is 5.06. The summed E-state index contributed by atoms with van der Waals surface area (Å²) in [4.78, 5) is 0. The molecule has 0 fully saturated rings. The lowest BCUT2D eigenvalue weighted by Gasteiger charge is -2.03.